The molecule has 3 aromatic heterocycles. The lowest BCUT2D eigenvalue weighted by atomic mass is 10.2. The number of nitrogens with two attached hydrogens (primary N) is 1. The largest absolute Gasteiger partial charge is 0.436 e. The second-order valence-corrected chi connectivity index (χ2v) is 6.47. The molecule has 1 unspecified atom stereocenters. The summed E-state index contributed by atoms with van der Waals surface area (Å²) in [7, 11) is 0. The number of pyridine rings is 1. The number of hydrogen-bond acceptors (Lipinski definition) is 7. The van der Waals surface area contributed by atoms with Gasteiger partial charge in [0.25, 0.3) is 0 Å². The van der Waals surface area contributed by atoms with Gasteiger partial charge in [-0.1, -0.05) is 6.07 Å². The zero-order valence-electron chi connectivity index (χ0n) is 14.6. The summed E-state index contributed by atoms with van der Waals surface area (Å²) in [5.41, 5.74) is 7.47. The first-order valence-electron chi connectivity index (χ1n) is 8.92. The van der Waals surface area contributed by atoms with Gasteiger partial charge in [-0.25, -0.2) is 19.6 Å². The molecule has 1 saturated heterocycles. The zero-order chi connectivity index (χ0) is 18.2. The molecule has 0 bridgehead atoms. The smallest absolute Gasteiger partial charge is 0.246 e. The quantitative estimate of drug-likeness (QED) is 0.595. The van der Waals surface area contributed by atoms with Gasteiger partial charge < -0.3 is 15.2 Å². The number of hydrogen-bond donors (Lipinski definition) is 1. The molecule has 0 saturated carbocycles. The molecule has 5 rings (SSSR count). The van der Waals surface area contributed by atoms with Crippen LogP contribution in [0.2, 0.25) is 0 Å². The average Bonchev–Trinajstić information content (AvgIpc) is 3.15. The Bertz CT molecular complexity index is 1120. The summed E-state index contributed by atoms with van der Waals surface area (Å²) in [5.74, 6) is 1.44. The number of aromatic nitrogens is 5. The summed E-state index contributed by atoms with van der Waals surface area (Å²) in [4.78, 5) is 12.6. The zero-order valence-corrected chi connectivity index (χ0v) is 14.6. The Labute approximate surface area is 155 Å². The minimum Gasteiger partial charge on any atom is -0.436 e. The number of ether oxygens (including phenoxy) is 2. The molecular weight excluding hydrogens is 344 g/mol. The number of fused-ring (bicyclic) bond motifs is 2. The molecule has 1 fully saturated rings. The van der Waals surface area contributed by atoms with Gasteiger partial charge in [-0.05, 0) is 37.5 Å². The van der Waals surface area contributed by atoms with Gasteiger partial charge in [0.1, 0.15) is 23.4 Å². The first kappa shape index (κ1) is 16.0. The minimum atomic E-state index is -0.0327. The van der Waals surface area contributed by atoms with Crippen LogP contribution in [0.4, 0.5) is 5.82 Å². The fraction of sp³-hybridized carbons (Fsp3) is 0.263. The van der Waals surface area contributed by atoms with Crippen LogP contribution in [0, 0.1) is 0 Å². The molecule has 0 amide bonds. The molecule has 136 valence electrons. The Morgan fingerprint density at radius 2 is 2.07 bits per heavy atom. The van der Waals surface area contributed by atoms with Crippen molar-refractivity contribution in [2.24, 2.45) is 0 Å². The first-order chi connectivity index (χ1) is 13.3. The predicted octanol–water partition coefficient (Wildman–Crippen LogP) is 3.45. The first-order valence-corrected chi connectivity index (χ1v) is 8.92. The highest BCUT2D eigenvalue weighted by Gasteiger charge is 2.20. The predicted molar refractivity (Wildman–Crippen MR) is 100 cm³/mol. The van der Waals surface area contributed by atoms with Gasteiger partial charge in [0.15, 0.2) is 6.23 Å². The molecule has 1 aromatic carbocycles. The van der Waals surface area contributed by atoms with Crippen molar-refractivity contribution in [2.45, 2.75) is 25.5 Å². The molecule has 1 atom stereocenters. The van der Waals surface area contributed by atoms with E-state index >= 15 is 0 Å². The number of nitrogen functional groups attached to an aromatic ring is 1. The second-order valence-electron chi connectivity index (χ2n) is 6.47. The summed E-state index contributed by atoms with van der Waals surface area (Å²) in [6.07, 6.45) is 8.02. The molecule has 1 aliphatic heterocycles. The Morgan fingerprint density at radius 1 is 1.11 bits per heavy atom. The molecule has 0 spiro atoms. The van der Waals surface area contributed by atoms with Crippen LogP contribution in [0.15, 0.2) is 43.0 Å². The van der Waals surface area contributed by atoms with Crippen molar-refractivity contribution in [3.63, 3.8) is 0 Å². The molecular formula is C19H18N6O2. The van der Waals surface area contributed by atoms with Gasteiger partial charge in [-0.2, -0.15) is 5.10 Å². The average molecular weight is 362 g/mol. The molecule has 4 heterocycles. The van der Waals surface area contributed by atoms with Gasteiger partial charge in [0.05, 0.1) is 17.1 Å². The highest BCUT2D eigenvalue weighted by molar-refractivity contribution is 5.91. The third-order valence-electron chi connectivity index (χ3n) is 4.79. The summed E-state index contributed by atoms with van der Waals surface area (Å²) in [6.45, 7) is 0.767. The van der Waals surface area contributed by atoms with Crippen molar-refractivity contribution in [1.82, 2.24) is 24.7 Å². The molecule has 0 aliphatic carbocycles. The van der Waals surface area contributed by atoms with Crippen LogP contribution in [-0.4, -0.2) is 31.3 Å². The van der Waals surface area contributed by atoms with Crippen LogP contribution in [0.3, 0.4) is 0 Å². The Morgan fingerprint density at radius 3 is 2.96 bits per heavy atom. The number of benzene rings is 1. The molecule has 0 radical (unpaired) electrons. The number of anilines is 1. The summed E-state index contributed by atoms with van der Waals surface area (Å²) in [5, 5.41) is 6.15. The normalized spacial score (nSPS) is 17.4. The Hall–Kier alpha value is -3.26. The van der Waals surface area contributed by atoms with E-state index in [2.05, 4.69) is 20.1 Å². The van der Waals surface area contributed by atoms with Crippen molar-refractivity contribution in [3.8, 4) is 11.6 Å². The maximum absolute atomic E-state index is 6.11. The van der Waals surface area contributed by atoms with Crippen LogP contribution in [0.25, 0.3) is 21.8 Å². The van der Waals surface area contributed by atoms with Gasteiger partial charge in [0.2, 0.25) is 5.88 Å². The monoisotopic (exact) mass is 362 g/mol. The van der Waals surface area contributed by atoms with E-state index in [4.69, 9.17) is 15.2 Å². The molecule has 8 nitrogen and oxygen atoms in total. The summed E-state index contributed by atoms with van der Waals surface area (Å²) < 4.78 is 13.9. The highest BCUT2D eigenvalue weighted by Crippen LogP contribution is 2.34. The third kappa shape index (κ3) is 2.74. The molecule has 2 N–H and O–H groups in total. The molecule has 4 aromatic rings. The van der Waals surface area contributed by atoms with E-state index in [1.54, 1.807) is 18.5 Å². The SMILES string of the molecule is Nc1ncnc2c(Oc3cccc4c3cnn4C3CCCCO3)nccc12. The van der Waals surface area contributed by atoms with Gasteiger partial charge in [-0.15, -0.1) is 0 Å². The molecule has 1 aliphatic rings. The lowest BCUT2D eigenvalue weighted by Crippen LogP contribution is -2.18. The van der Waals surface area contributed by atoms with Crippen molar-refractivity contribution in [1.29, 1.82) is 0 Å². The van der Waals surface area contributed by atoms with E-state index in [1.807, 2.05) is 22.9 Å². The lowest BCUT2D eigenvalue weighted by molar-refractivity contribution is -0.0366. The van der Waals surface area contributed by atoms with Gasteiger partial charge >= 0.3 is 0 Å². The highest BCUT2D eigenvalue weighted by atomic mass is 16.5. The van der Waals surface area contributed by atoms with Crippen LogP contribution < -0.4 is 10.5 Å². The second kappa shape index (κ2) is 6.48. The fourth-order valence-corrected chi connectivity index (χ4v) is 3.44. The summed E-state index contributed by atoms with van der Waals surface area (Å²) >= 11 is 0. The standard InChI is InChI=1S/C19H18N6O2/c20-18-12-7-8-21-19(17(12)22-11-23-18)27-15-5-3-4-14-13(15)10-24-25(14)16-6-1-2-9-26-16/h3-5,7-8,10-11,16H,1-2,6,9H2,(H2,20,22,23). The van der Waals surface area contributed by atoms with E-state index in [-0.39, 0.29) is 6.23 Å². The maximum atomic E-state index is 6.11. The molecule has 27 heavy (non-hydrogen) atoms. The van der Waals surface area contributed by atoms with Crippen molar-refractivity contribution >= 4 is 27.6 Å². The van der Waals surface area contributed by atoms with E-state index in [0.29, 0.717) is 28.4 Å². The maximum Gasteiger partial charge on any atom is 0.246 e. The van der Waals surface area contributed by atoms with Gasteiger partial charge in [0, 0.05) is 18.2 Å². The lowest BCUT2D eigenvalue weighted by Gasteiger charge is -2.23. The van der Waals surface area contributed by atoms with E-state index < -0.39 is 0 Å². The Balaban J connectivity index is 1.57. The van der Waals surface area contributed by atoms with Crippen molar-refractivity contribution in [2.75, 3.05) is 12.3 Å². The van der Waals surface area contributed by atoms with Crippen LogP contribution in [0.1, 0.15) is 25.5 Å². The van der Waals surface area contributed by atoms with Crippen molar-refractivity contribution in [3.05, 3.63) is 43.0 Å². The van der Waals surface area contributed by atoms with Gasteiger partial charge in [-0.3, -0.25) is 0 Å². The third-order valence-corrected chi connectivity index (χ3v) is 4.79. The summed E-state index contributed by atoms with van der Waals surface area (Å²) in [6, 6.07) is 7.62. The molecule has 8 heteroatoms. The minimum absolute atomic E-state index is 0.0327. The number of rotatable bonds is 3. The topological polar surface area (TPSA) is 101 Å². The van der Waals surface area contributed by atoms with Crippen LogP contribution >= 0.6 is 0 Å². The van der Waals surface area contributed by atoms with Crippen molar-refractivity contribution < 1.29 is 9.47 Å². The van der Waals surface area contributed by atoms with Crippen LogP contribution in [-0.2, 0) is 4.74 Å². The fourth-order valence-electron chi connectivity index (χ4n) is 3.44. The Kier molecular flexibility index (Phi) is 3.83. The van der Waals surface area contributed by atoms with E-state index in [1.165, 1.54) is 6.33 Å². The van der Waals surface area contributed by atoms with E-state index in [9.17, 15) is 0 Å². The van der Waals surface area contributed by atoms with E-state index in [0.717, 1.165) is 36.8 Å². The number of nitrogens with zero attached hydrogens (tertiary/aromatic N) is 5. The van der Waals surface area contributed by atoms with Crippen LogP contribution in [0.5, 0.6) is 11.6 Å².